The molecule has 0 heterocycles. The van der Waals surface area contributed by atoms with Gasteiger partial charge in [-0.2, -0.15) is 0 Å². The summed E-state index contributed by atoms with van der Waals surface area (Å²) in [7, 11) is 6.25. The average molecular weight is 140 g/mol. The molecule has 0 saturated heterocycles. The van der Waals surface area contributed by atoms with Crippen LogP contribution in [-0.2, 0) is 0 Å². The van der Waals surface area contributed by atoms with E-state index in [9.17, 15) is 0 Å². The van der Waals surface area contributed by atoms with E-state index in [1.165, 1.54) is 12.8 Å². The summed E-state index contributed by atoms with van der Waals surface area (Å²) < 4.78 is 0.754. The van der Waals surface area contributed by atoms with Gasteiger partial charge in [0.05, 0.1) is 21.1 Å². The van der Waals surface area contributed by atoms with Gasteiger partial charge < -0.3 is 0 Å². The second-order valence-electron chi connectivity index (χ2n) is 3.40. The molecular formula is C9H18N+. The van der Waals surface area contributed by atoms with Crippen LogP contribution in [0, 0.1) is 12.0 Å². The molecule has 0 radical (unpaired) electrons. The van der Waals surface area contributed by atoms with E-state index in [4.69, 9.17) is 0 Å². The molecule has 0 bridgehead atoms. The van der Waals surface area contributed by atoms with Gasteiger partial charge in [-0.25, -0.2) is 0 Å². The van der Waals surface area contributed by atoms with Crippen molar-refractivity contribution < 1.29 is 4.48 Å². The van der Waals surface area contributed by atoms with Crippen LogP contribution in [0.2, 0.25) is 0 Å². The monoisotopic (exact) mass is 140 g/mol. The highest BCUT2D eigenvalue weighted by Gasteiger charge is 1.98. The number of rotatable bonds is 2. The fraction of sp³-hybridized carbons (Fsp3) is 0.778. The summed E-state index contributed by atoms with van der Waals surface area (Å²) in [4.78, 5) is 0. The quantitative estimate of drug-likeness (QED) is 0.312. The van der Waals surface area contributed by atoms with E-state index in [0.717, 1.165) is 10.9 Å². The standard InChI is InChI=1S/C9H18N/c1-5-6-7-8-9-10(2,3)4/h5-7H2,1-4H3/q+1. The molecule has 1 heteroatoms. The van der Waals surface area contributed by atoms with Crippen LogP contribution in [0.25, 0.3) is 0 Å². The summed E-state index contributed by atoms with van der Waals surface area (Å²) >= 11 is 0. The predicted molar refractivity (Wildman–Crippen MR) is 45.3 cm³/mol. The van der Waals surface area contributed by atoms with Gasteiger partial charge in [0.2, 0.25) is 0 Å². The topological polar surface area (TPSA) is 0 Å². The van der Waals surface area contributed by atoms with Crippen LogP contribution in [0.5, 0.6) is 0 Å². The van der Waals surface area contributed by atoms with E-state index in [1.54, 1.807) is 0 Å². The number of unbranched alkanes of at least 4 members (excludes halogenated alkanes) is 2. The minimum atomic E-state index is 0.754. The highest BCUT2D eigenvalue weighted by molar-refractivity contribution is 4.90. The first kappa shape index (κ1) is 9.52. The fourth-order valence-electron chi connectivity index (χ4n) is 0.558. The third-order valence-corrected chi connectivity index (χ3v) is 1.07. The Morgan fingerprint density at radius 3 is 2.20 bits per heavy atom. The number of nitrogens with zero attached hydrogens (tertiary/aromatic N) is 1. The number of hydrogen-bond donors (Lipinski definition) is 0. The van der Waals surface area contributed by atoms with Crippen molar-refractivity contribution in [3.63, 3.8) is 0 Å². The van der Waals surface area contributed by atoms with Crippen molar-refractivity contribution in [2.24, 2.45) is 0 Å². The first-order valence-corrected chi connectivity index (χ1v) is 3.88. The molecule has 0 N–H and O–H groups in total. The molecule has 0 fully saturated rings. The van der Waals surface area contributed by atoms with Gasteiger partial charge in [-0.1, -0.05) is 13.3 Å². The minimum Gasteiger partial charge on any atom is -0.254 e. The Hall–Kier alpha value is -0.480. The normalized spacial score (nSPS) is 10.4. The second kappa shape index (κ2) is 4.35. The molecule has 1 nitrogen and oxygen atoms in total. The summed E-state index contributed by atoms with van der Waals surface area (Å²) in [6.45, 7) is 2.19. The van der Waals surface area contributed by atoms with E-state index in [1.807, 2.05) is 0 Å². The summed E-state index contributed by atoms with van der Waals surface area (Å²) in [5, 5.41) is 0. The van der Waals surface area contributed by atoms with Gasteiger partial charge in [0.25, 0.3) is 0 Å². The number of quaternary nitrogens is 1. The molecule has 0 saturated carbocycles. The van der Waals surface area contributed by atoms with Crippen LogP contribution in [0.15, 0.2) is 0 Å². The summed E-state index contributed by atoms with van der Waals surface area (Å²) in [5.74, 6) is 3.15. The van der Waals surface area contributed by atoms with Gasteiger partial charge >= 0.3 is 0 Å². The molecule has 0 spiro atoms. The van der Waals surface area contributed by atoms with E-state index < -0.39 is 0 Å². The largest absolute Gasteiger partial charge is 0.254 e. The lowest BCUT2D eigenvalue weighted by molar-refractivity contribution is -0.800. The van der Waals surface area contributed by atoms with E-state index >= 15 is 0 Å². The van der Waals surface area contributed by atoms with E-state index in [-0.39, 0.29) is 0 Å². The average Bonchev–Trinajstić information content (AvgIpc) is 1.78. The zero-order chi connectivity index (χ0) is 8.04. The van der Waals surface area contributed by atoms with Crippen molar-refractivity contribution in [2.45, 2.75) is 26.2 Å². The maximum absolute atomic E-state index is 3.15. The Labute approximate surface area is 64.6 Å². The van der Waals surface area contributed by atoms with Crippen LogP contribution in [-0.4, -0.2) is 25.6 Å². The minimum absolute atomic E-state index is 0.754. The molecule has 0 amide bonds. The zero-order valence-electron chi connectivity index (χ0n) is 7.57. The van der Waals surface area contributed by atoms with Crippen LogP contribution in [0.3, 0.4) is 0 Å². The first-order chi connectivity index (χ1) is 4.56. The number of hydrogen-bond acceptors (Lipinski definition) is 0. The molecule has 0 rings (SSSR count). The predicted octanol–water partition coefficient (Wildman–Crippen LogP) is 1.84. The van der Waals surface area contributed by atoms with E-state index in [2.05, 4.69) is 40.0 Å². The summed E-state index contributed by atoms with van der Waals surface area (Å²) in [6, 6.07) is 3.14. The van der Waals surface area contributed by atoms with E-state index in [0.29, 0.717) is 0 Å². The van der Waals surface area contributed by atoms with Gasteiger partial charge in [0, 0.05) is 6.42 Å². The second-order valence-corrected chi connectivity index (χ2v) is 3.40. The van der Waals surface area contributed by atoms with Gasteiger partial charge in [0.1, 0.15) is 6.04 Å². The smallest absolute Gasteiger partial charge is 0.136 e. The molecule has 0 unspecified atom stereocenters. The fourth-order valence-corrected chi connectivity index (χ4v) is 0.558. The highest BCUT2D eigenvalue weighted by atomic mass is 15.3. The third kappa shape index (κ3) is 7.52. The first-order valence-electron chi connectivity index (χ1n) is 3.88. The molecule has 0 aliphatic heterocycles. The molecule has 0 aliphatic rings. The van der Waals surface area contributed by atoms with Crippen LogP contribution in [0.4, 0.5) is 0 Å². The molecule has 0 aromatic heterocycles. The van der Waals surface area contributed by atoms with Crippen molar-refractivity contribution in [1.29, 1.82) is 0 Å². The molecule has 0 aliphatic carbocycles. The van der Waals surface area contributed by atoms with Crippen LogP contribution >= 0.6 is 0 Å². The highest BCUT2D eigenvalue weighted by Crippen LogP contribution is 1.92. The maximum Gasteiger partial charge on any atom is 0.136 e. The SMILES string of the molecule is CCCCC#C[N+](C)(C)C. The van der Waals surface area contributed by atoms with Crippen molar-refractivity contribution in [2.75, 3.05) is 21.1 Å². The van der Waals surface area contributed by atoms with Crippen molar-refractivity contribution in [3.05, 3.63) is 0 Å². The van der Waals surface area contributed by atoms with Gasteiger partial charge in [-0.15, -0.1) is 0 Å². The van der Waals surface area contributed by atoms with Crippen LogP contribution < -0.4 is 0 Å². The Morgan fingerprint density at radius 2 is 1.80 bits per heavy atom. The Bertz CT molecular complexity index is 131. The molecule has 58 valence electrons. The Kier molecular flexibility index (Phi) is 4.14. The lowest BCUT2D eigenvalue weighted by atomic mass is 10.3. The molecule has 0 atom stereocenters. The van der Waals surface area contributed by atoms with Gasteiger partial charge in [-0.05, 0) is 12.3 Å². The summed E-state index contributed by atoms with van der Waals surface area (Å²) in [5.41, 5.74) is 0. The van der Waals surface area contributed by atoms with Crippen molar-refractivity contribution >= 4 is 0 Å². The van der Waals surface area contributed by atoms with Crippen molar-refractivity contribution in [1.82, 2.24) is 0 Å². The maximum atomic E-state index is 3.15. The van der Waals surface area contributed by atoms with Gasteiger partial charge in [-0.3, -0.25) is 4.48 Å². The summed E-state index contributed by atoms with van der Waals surface area (Å²) in [6.07, 6.45) is 3.52. The Morgan fingerprint density at radius 1 is 1.20 bits per heavy atom. The molecule has 0 aromatic carbocycles. The lowest BCUT2D eigenvalue weighted by Crippen LogP contribution is -2.27. The zero-order valence-corrected chi connectivity index (χ0v) is 7.57. The molecule has 10 heavy (non-hydrogen) atoms. The van der Waals surface area contributed by atoms with Crippen molar-refractivity contribution in [3.8, 4) is 12.0 Å². The third-order valence-electron chi connectivity index (χ3n) is 1.07. The lowest BCUT2D eigenvalue weighted by Gasteiger charge is -2.12. The van der Waals surface area contributed by atoms with Crippen LogP contribution in [0.1, 0.15) is 26.2 Å². The van der Waals surface area contributed by atoms with Gasteiger partial charge in [0.15, 0.2) is 0 Å². The Balaban J connectivity index is 3.50. The molecule has 0 aromatic rings. The molecular weight excluding hydrogens is 122 g/mol.